The van der Waals surface area contributed by atoms with E-state index < -0.39 is 0 Å². The van der Waals surface area contributed by atoms with Crippen LogP contribution in [0.15, 0.2) is 36.4 Å². The molecule has 1 aromatic carbocycles. The second kappa shape index (κ2) is 5.12. The molecule has 2 rings (SSSR count). The zero-order valence-electron chi connectivity index (χ0n) is 9.16. The molecule has 2 aromatic rings. The molecule has 0 aliphatic carbocycles. The van der Waals surface area contributed by atoms with Crippen LogP contribution in [0.3, 0.4) is 0 Å². The number of halogens is 1. The molecule has 0 aliphatic heterocycles. The van der Waals surface area contributed by atoms with Crippen molar-refractivity contribution in [3.63, 3.8) is 0 Å². The highest BCUT2D eigenvalue weighted by Crippen LogP contribution is 2.18. The molecular weight excluding hydrogens is 221 g/mol. The fourth-order valence-corrected chi connectivity index (χ4v) is 2.39. The number of hydrogen-bond donors (Lipinski definition) is 1. The number of anilines is 1. The Bertz CT molecular complexity index is 464. The van der Waals surface area contributed by atoms with Crippen LogP contribution in [-0.4, -0.2) is 0 Å². The summed E-state index contributed by atoms with van der Waals surface area (Å²) in [6, 6.07) is 10.8. The summed E-state index contributed by atoms with van der Waals surface area (Å²) in [5, 5.41) is 3.21. The molecule has 0 radical (unpaired) electrons. The summed E-state index contributed by atoms with van der Waals surface area (Å²) in [6.45, 7) is 2.91. The summed E-state index contributed by atoms with van der Waals surface area (Å²) in [5.41, 5.74) is 0.825. The van der Waals surface area contributed by atoms with E-state index in [9.17, 15) is 4.39 Å². The molecule has 1 aromatic heterocycles. The molecule has 0 unspecified atom stereocenters. The molecule has 0 spiro atoms. The van der Waals surface area contributed by atoms with Crippen LogP contribution < -0.4 is 5.32 Å². The Morgan fingerprint density at radius 2 is 2.00 bits per heavy atom. The van der Waals surface area contributed by atoms with Gasteiger partial charge in [-0.2, -0.15) is 0 Å². The van der Waals surface area contributed by atoms with Gasteiger partial charge in [0.25, 0.3) is 0 Å². The van der Waals surface area contributed by atoms with Crippen molar-refractivity contribution in [2.75, 3.05) is 5.32 Å². The minimum Gasteiger partial charge on any atom is -0.380 e. The number of aryl methyl sites for hydroxylation is 1. The number of nitrogens with one attached hydrogen (secondary N) is 1. The summed E-state index contributed by atoms with van der Waals surface area (Å²) < 4.78 is 12.9. The lowest BCUT2D eigenvalue weighted by Crippen LogP contribution is -1.97. The molecule has 1 nitrogen and oxygen atoms in total. The number of rotatable bonds is 4. The molecule has 1 heterocycles. The van der Waals surface area contributed by atoms with E-state index in [1.807, 2.05) is 6.07 Å². The van der Waals surface area contributed by atoms with Gasteiger partial charge in [0.2, 0.25) is 0 Å². The Hall–Kier alpha value is -1.35. The normalized spacial score (nSPS) is 10.4. The van der Waals surface area contributed by atoms with Crippen molar-refractivity contribution in [1.29, 1.82) is 0 Å². The fourth-order valence-electron chi connectivity index (χ4n) is 1.49. The third-order valence-corrected chi connectivity index (χ3v) is 3.59. The SMILES string of the molecule is CCc1ccc(CNc2cccc(F)c2)s1. The zero-order chi connectivity index (χ0) is 11.4. The minimum absolute atomic E-state index is 0.203. The Labute approximate surface area is 98.9 Å². The van der Waals surface area contributed by atoms with Crippen LogP contribution >= 0.6 is 11.3 Å². The third-order valence-electron chi connectivity index (χ3n) is 2.36. The van der Waals surface area contributed by atoms with Crippen LogP contribution in [0, 0.1) is 5.82 Å². The van der Waals surface area contributed by atoms with Gasteiger partial charge in [0.1, 0.15) is 5.82 Å². The van der Waals surface area contributed by atoms with E-state index in [2.05, 4.69) is 24.4 Å². The molecule has 0 atom stereocenters. The Morgan fingerprint density at radius 3 is 2.69 bits per heavy atom. The van der Waals surface area contributed by atoms with E-state index in [-0.39, 0.29) is 5.82 Å². The lowest BCUT2D eigenvalue weighted by Gasteiger charge is -2.04. The first-order chi connectivity index (χ1) is 7.78. The number of benzene rings is 1. The van der Waals surface area contributed by atoms with Crippen molar-refractivity contribution in [3.05, 3.63) is 52.0 Å². The monoisotopic (exact) mass is 235 g/mol. The van der Waals surface area contributed by atoms with Gasteiger partial charge in [-0.25, -0.2) is 4.39 Å². The van der Waals surface area contributed by atoms with Gasteiger partial charge >= 0.3 is 0 Å². The quantitative estimate of drug-likeness (QED) is 0.842. The number of hydrogen-bond acceptors (Lipinski definition) is 2. The molecule has 0 saturated carbocycles. The largest absolute Gasteiger partial charge is 0.380 e. The molecule has 0 saturated heterocycles. The average molecular weight is 235 g/mol. The first kappa shape index (κ1) is 11.1. The van der Waals surface area contributed by atoms with Crippen molar-refractivity contribution in [2.24, 2.45) is 0 Å². The van der Waals surface area contributed by atoms with Gasteiger partial charge in [-0.3, -0.25) is 0 Å². The first-order valence-electron chi connectivity index (χ1n) is 5.35. The van der Waals surface area contributed by atoms with E-state index in [1.54, 1.807) is 17.4 Å². The van der Waals surface area contributed by atoms with Crippen LogP contribution in [-0.2, 0) is 13.0 Å². The van der Waals surface area contributed by atoms with Crippen molar-refractivity contribution < 1.29 is 4.39 Å². The van der Waals surface area contributed by atoms with Crippen LogP contribution in [0.25, 0.3) is 0 Å². The van der Waals surface area contributed by atoms with Crippen LogP contribution in [0.1, 0.15) is 16.7 Å². The Balaban J connectivity index is 1.96. The number of thiophene rings is 1. The summed E-state index contributed by atoms with van der Waals surface area (Å²) in [4.78, 5) is 2.66. The van der Waals surface area contributed by atoms with Crippen LogP contribution in [0.5, 0.6) is 0 Å². The molecular formula is C13H14FNS. The smallest absolute Gasteiger partial charge is 0.125 e. The van der Waals surface area contributed by atoms with Gasteiger partial charge in [0.05, 0.1) is 0 Å². The van der Waals surface area contributed by atoms with E-state index in [1.165, 1.54) is 21.9 Å². The fraction of sp³-hybridized carbons (Fsp3) is 0.231. The minimum atomic E-state index is -0.203. The highest BCUT2D eigenvalue weighted by molar-refractivity contribution is 7.12. The second-order valence-corrected chi connectivity index (χ2v) is 4.84. The second-order valence-electron chi connectivity index (χ2n) is 3.59. The van der Waals surface area contributed by atoms with Crippen LogP contribution in [0.4, 0.5) is 10.1 Å². The zero-order valence-corrected chi connectivity index (χ0v) is 9.98. The van der Waals surface area contributed by atoms with E-state index in [0.717, 1.165) is 18.7 Å². The lowest BCUT2D eigenvalue weighted by atomic mass is 10.3. The van der Waals surface area contributed by atoms with Gasteiger partial charge in [-0.05, 0) is 36.8 Å². The van der Waals surface area contributed by atoms with Gasteiger partial charge in [0, 0.05) is 22.0 Å². The van der Waals surface area contributed by atoms with Crippen molar-refractivity contribution >= 4 is 17.0 Å². The molecule has 0 aliphatic rings. The molecule has 0 fully saturated rings. The Morgan fingerprint density at radius 1 is 1.19 bits per heavy atom. The topological polar surface area (TPSA) is 12.0 Å². The molecule has 84 valence electrons. The van der Waals surface area contributed by atoms with Crippen molar-refractivity contribution in [2.45, 2.75) is 19.9 Å². The Kier molecular flexibility index (Phi) is 3.57. The molecule has 0 amide bonds. The summed E-state index contributed by atoms with van der Waals surface area (Å²) in [6.07, 6.45) is 1.07. The van der Waals surface area contributed by atoms with Gasteiger partial charge < -0.3 is 5.32 Å². The van der Waals surface area contributed by atoms with Crippen LogP contribution in [0.2, 0.25) is 0 Å². The third kappa shape index (κ3) is 2.83. The van der Waals surface area contributed by atoms with Gasteiger partial charge in [0.15, 0.2) is 0 Å². The van der Waals surface area contributed by atoms with Gasteiger partial charge in [-0.1, -0.05) is 13.0 Å². The molecule has 1 N–H and O–H groups in total. The molecule has 3 heteroatoms. The summed E-state index contributed by atoms with van der Waals surface area (Å²) >= 11 is 1.80. The standard InChI is InChI=1S/C13H14FNS/c1-2-12-6-7-13(16-12)9-15-11-5-3-4-10(14)8-11/h3-8,15H,2,9H2,1H3. The average Bonchev–Trinajstić information content (AvgIpc) is 2.74. The highest BCUT2D eigenvalue weighted by atomic mass is 32.1. The molecule has 16 heavy (non-hydrogen) atoms. The summed E-state index contributed by atoms with van der Waals surface area (Å²) in [7, 11) is 0. The maximum absolute atomic E-state index is 12.9. The van der Waals surface area contributed by atoms with Crippen molar-refractivity contribution in [1.82, 2.24) is 0 Å². The first-order valence-corrected chi connectivity index (χ1v) is 6.16. The van der Waals surface area contributed by atoms with Gasteiger partial charge in [-0.15, -0.1) is 11.3 Å². The maximum atomic E-state index is 12.9. The highest BCUT2D eigenvalue weighted by Gasteiger charge is 1.99. The van der Waals surface area contributed by atoms with E-state index in [0.29, 0.717) is 0 Å². The lowest BCUT2D eigenvalue weighted by molar-refractivity contribution is 0.628. The summed E-state index contributed by atoms with van der Waals surface area (Å²) in [5.74, 6) is -0.203. The van der Waals surface area contributed by atoms with Crippen molar-refractivity contribution in [3.8, 4) is 0 Å². The predicted molar refractivity (Wildman–Crippen MR) is 67.4 cm³/mol. The van der Waals surface area contributed by atoms with E-state index in [4.69, 9.17) is 0 Å². The predicted octanol–water partition coefficient (Wildman–Crippen LogP) is 4.06. The van der Waals surface area contributed by atoms with E-state index >= 15 is 0 Å². The molecule has 0 bridgehead atoms. The maximum Gasteiger partial charge on any atom is 0.125 e.